The molecule has 0 spiro atoms. The molecule has 2 amide bonds. The summed E-state index contributed by atoms with van der Waals surface area (Å²) in [5, 5.41) is 11.5. The number of anilines is 1. The van der Waals surface area contributed by atoms with Gasteiger partial charge in [0.25, 0.3) is 17.8 Å². The highest BCUT2D eigenvalue weighted by Gasteiger charge is 2.32. The van der Waals surface area contributed by atoms with Crippen molar-refractivity contribution in [2.24, 2.45) is 0 Å². The number of amides is 2. The molecular weight excluding hydrogens is 356 g/mol. The van der Waals surface area contributed by atoms with Gasteiger partial charge in [0.1, 0.15) is 0 Å². The third kappa shape index (κ3) is 3.53. The topological polar surface area (TPSA) is 93.9 Å². The Hall–Kier alpha value is -3.42. The average Bonchev–Trinajstić information content (AvgIpc) is 3.09. The van der Waals surface area contributed by atoms with E-state index in [0.29, 0.717) is 23.4 Å². The van der Waals surface area contributed by atoms with Crippen molar-refractivity contribution in [3.05, 3.63) is 64.0 Å². The number of hydrogen-bond donors (Lipinski definition) is 0. The van der Waals surface area contributed by atoms with E-state index in [-0.39, 0.29) is 5.95 Å². The van der Waals surface area contributed by atoms with Crippen LogP contribution >= 0.6 is 0 Å². The van der Waals surface area contributed by atoms with Gasteiger partial charge in [-0.1, -0.05) is 22.8 Å². The van der Waals surface area contributed by atoms with Crippen molar-refractivity contribution in [2.75, 3.05) is 4.90 Å². The lowest BCUT2D eigenvalue weighted by Crippen LogP contribution is -2.40. The number of imide groups is 1. The third-order valence-electron chi connectivity index (χ3n) is 4.49. The van der Waals surface area contributed by atoms with Crippen LogP contribution in [-0.4, -0.2) is 37.0 Å². The molecular formula is C20H22N6O2. The summed E-state index contributed by atoms with van der Waals surface area (Å²) < 4.78 is 1.41. The highest BCUT2D eigenvalue weighted by Crippen LogP contribution is 2.21. The number of pyridine rings is 1. The Kier molecular flexibility index (Phi) is 5.30. The maximum absolute atomic E-state index is 13.4. The summed E-state index contributed by atoms with van der Waals surface area (Å²) >= 11 is 0. The predicted octanol–water partition coefficient (Wildman–Crippen LogP) is 2.81. The Labute approximate surface area is 163 Å². The van der Waals surface area contributed by atoms with E-state index in [4.69, 9.17) is 0 Å². The molecule has 0 saturated carbocycles. The number of rotatable bonds is 4. The molecule has 0 N–H and O–H groups in total. The zero-order valence-electron chi connectivity index (χ0n) is 16.6. The lowest BCUT2D eigenvalue weighted by Gasteiger charge is -2.21. The van der Waals surface area contributed by atoms with Gasteiger partial charge < -0.3 is 0 Å². The van der Waals surface area contributed by atoms with Crippen LogP contribution in [0.3, 0.4) is 0 Å². The molecule has 3 aromatic rings. The first kappa shape index (κ1) is 19.3. The minimum absolute atomic E-state index is 0.0810. The van der Waals surface area contributed by atoms with Crippen LogP contribution in [0.1, 0.15) is 50.2 Å². The molecule has 0 aliphatic heterocycles. The largest absolute Gasteiger partial charge is 0.269 e. The second-order valence-electron chi connectivity index (χ2n) is 6.64. The van der Waals surface area contributed by atoms with Crippen molar-refractivity contribution in [1.82, 2.24) is 25.2 Å². The number of nitrogens with zero attached hydrogens (tertiary/aromatic N) is 6. The second-order valence-corrected chi connectivity index (χ2v) is 6.64. The summed E-state index contributed by atoms with van der Waals surface area (Å²) in [7, 11) is 0. The van der Waals surface area contributed by atoms with Gasteiger partial charge in [0.2, 0.25) is 0 Å². The molecule has 2 aromatic heterocycles. The Morgan fingerprint density at radius 1 is 1.00 bits per heavy atom. The number of tetrazole rings is 1. The van der Waals surface area contributed by atoms with Crippen LogP contribution in [0.15, 0.2) is 30.3 Å². The Morgan fingerprint density at radius 2 is 1.68 bits per heavy atom. The second kappa shape index (κ2) is 7.67. The minimum Gasteiger partial charge on any atom is -0.268 e. The van der Waals surface area contributed by atoms with Crippen LogP contribution in [0, 0.1) is 27.7 Å². The van der Waals surface area contributed by atoms with Crippen LogP contribution in [0.2, 0.25) is 0 Å². The molecule has 0 fully saturated rings. The van der Waals surface area contributed by atoms with Crippen molar-refractivity contribution >= 4 is 17.8 Å². The van der Waals surface area contributed by atoms with Gasteiger partial charge in [0.15, 0.2) is 0 Å². The lowest BCUT2D eigenvalue weighted by atomic mass is 10.0. The van der Waals surface area contributed by atoms with Crippen molar-refractivity contribution in [2.45, 2.75) is 41.2 Å². The Bertz CT molecular complexity index is 993. The number of carbonyl (C=O) groups is 2. The number of aromatic nitrogens is 5. The summed E-state index contributed by atoms with van der Waals surface area (Å²) in [4.78, 5) is 32.2. The van der Waals surface area contributed by atoms with Crippen LogP contribution in [0.4, 0.5) is 5.95 Å². The molecule has 0 aliphatic carbocycles. The van der Waals surface area contributed by atoms with Gasteiger partial charge in [-0.15, -0.1) is 0 Å². The fourth-order valence-corrected chi connectivity index (χ4v) is 3.05. The molecule has 8 heteroatoms. The number of hydrogen-bond acceptors (Lipinski definition) is 6. The smallest absolute Gasteiger partial charge is 0.268 e. The summed E-state index contributed by atoms with van der Waals surface area (Å²) in [6.45, 7) is 9.62. The van der Waals surface area contributed by atoms with Gasteiger partial charge in [-0.25, -0.2) is 9.58 Å². The number of benzene rings is 1. The van der Waals surface area contributed by atoms with E-state index in [1.54, 1.807) is 25.1 Å². The standard InChI is InChI=1S/C20H22N6O2/c1-6-25-20(22-23-24-25)26(18(27)16-9-7-12(2)11-13(16)3)19(28)17-10-8-14(4)21-15(17)5/h7-11H,6H2,1-5H3. The molecule has 0 radical (unpaired) electrons. The number of carbonyl (C=O) groups excluding carboxylic acids is 2. The van der Waals surface area contributed by atoms with E-state index in [2.05, 4.69) is 20.5 Å². The molecule has 28 heavy (non-hydrogen) atoms. The van der Waals surface area contributed by atoms with E-state index < -0.39 is 11.8 Å². The molecule has 0 aliphatic rings. The predicted molar refractivity (Wildman–Crippen MR) is 104 cm³/mol. The van der Waals surface area contributed by atoms with E-state index >= 15 is 0 Å². The molecule has 0 bridgehead atoms. The summed E-state index contributed by atoms with van der Waals surface area (Å²) in [6.07, 6.45) is 0. The molecule has 8 nitrogen and oxygen atoms in total. The molecule has 144 valence electrons. The van der Waals surface area contributed by atoms with Gasteiger partial charge in [0, 0.05) is 17.8 Å². The van der Waals surface area contributed by atoms with Gasteiger partial charge in [0.05, 0.1) is 11.3 Å². The monoisotopic (exact) mass is 378 g/mol. The normalized spacial score (nSPS) is 10.8. The SMILES string of the molecule is CCn1nnnc1N(C(=O)c1ccc(C)cc1C)C(=O)c1ccc(C)nc1C. The summed E-state index contributed by atoms with van der Waals surface area (Å²) in [5.74, 6) is -0.913. The van der Waals surface area contributed by atoms with Crippen LogP contribution in [-0.2, 0) is 6.54 Å². The molecule has 1 aromatic carbocycles. The quantitative estimate of drug-likeness (QED) is 0.648. The Morgan fingerprint density at radius 3 is 2.32 bits per heavy atom. The van der Waals surface area contributed by atoms with E-state index in [1.165, 1.54) is 4.68 Å². The zero-order valence-corrected chi connectivity index (χ0v) is 16.6. The first-order chi connectivity index (χ1) is 13.3. The van der Waals surface area contributed by atoms with Crippen molar-refractivity contribution < 1.29 is 9.59 Å². The lowest BCUT2D eigenvalue weighted by molar-refractivity contribution is 0.0893. The van der Waals surface area contributed by atoms with Crippen LogP contribution in [0.5, 0.6) is 0 Å². The fourth-order valence-electron chi connectivity index (χ4n) is 3.05. The summed E-state index contributed by atoms with van der Waals surface area (Å²) in [6, 6.07) is 8.86. The van der Waals surface area contributed by atoms with E-state index in [1.807, 2.05) is 39.8 Å². The van der Waals surface area contributed by atoms with E-state index in [0.717, 1.165) is 21.7 Å². The molecule has 0 saturated heterocycles. The first-order valence-electron chi connectivity index (χ1n) is 9.00. The maximum Gasteiger partial charge on any atom is 0.269 e. The molecule has 0 atom stereocenters. The highest BCUT2D eigenvalue weighted by atomic mass is 16.2. The minimum atomic E-state index is -0.514. The van der Waals surface area contributed by atoms with Gasteiger partial charge in [-0.3, -0.25) is 14.6 Å². The zero-order chi connectivity index (χ0) is 20.4. The van der Waals surface area contributed by atoms with Crippen molar-refractivity contribution in [1.29, 1.82) is 0 Å². The van der Waals surface area contributed by atoms with E-state index in [9.17, 15) is 9.59 Å². The third-order valence-corrected chi connectivity index (χ3v) is 4.49. The fraction of sp³-hybridized carbons (Fsp3) is 0.300. The summed E-state index contributed by atoms with van der Waals surface area (Å²) in [5.41, 5.74) is 3.89. The van der Waals surface area contributed by atoms with Crippen LogP contribution < -0.4 is 4.90 Å². The molecule has 0 unspecified atom stereocenters. The number of aryl methyl sites for hydroxylation is 5. The van der Waals surface area contributed by atoms with Gasteiger partial charge >= 0.3 is 0 Å². The molecule has 2 heterocycles. The highest BCUT2D eigenvalue weighted by molar-refractivity contribution is 6.25. The van der Waals surface area contributed by atoms with Gasteiger partial charge in [-0.05, 0) is 68.8 Å². The maximum atomic E-state index is 13.4. The van der Waals surface area contributed by atoms with Gasteiger partial charge in [-0.2, -0.15) is 0 Å². The van der Waals surface area contributed by atoms with Crippen LogP contribution in [0.25, 0.3) is 0 Å². The van der Waals surface area contributed by atoms with Crippen molar-refractivity contribution in [3.8, 4) is 0 Å². The van der Waals surface area contributed by atoms with Crippen molar-refractivity contribution in [3.63, 3.8) is 0 Å². The average molecular weight is 378 g/mol. The molecule has 3 rings (SSSR count). The first-order valence-corrected chi connectivity index (χ1v) is 9.00. The Balaban J connectivity index is 2.15.